The van der Waals surface area contributed by atoms with Gasteiger partial charge in [-0.15, -0.1) is 0 Å². The van der Waals surface area contributed by atoms with Crippen LogP contribution < -0.4 is 4.74 Å². The maximum atomic E-state index is 6.31. The molecule has 27 heavy (non-hydrogen) atoms. The number of pyridine rings is 2. The zero-order valence-corrected chi connectivity index (χ0v) is 15.4. The van der Waals surface area contributed by atoms with Crippen molar-refractivity contribution < 1.29 is 4.74 Å². The first-order valence-electron chi connectivity index (χ1n) is 8.93. The fourth-order valence-electron chi connectivity index (χ4n) is 2.92. The fourth-order valence-corrected chi connectivity index (χ4v) is 2.92. The molecular weight excluding hydrogens is 332 g/mol. The Hall–Kier alpha value is -3.46. The van der Waals surface area contributed by atoms with Crippen LogP contribution in [0.5, 0.6) is 11.5 Å². The summed E-state index contributed by atoms with van der Waals surface area (Å²) in [6, 6.07) is 24.2. The third-order valence-corrected chi connectivity index (χ3v) is 4.52. The van der Waals surface area contributed by atoms with Crippen LogP contribution in [0.15, 0.2) is 85.2 Å². The topological polar surface area (TPSA) is 35.0 Å². The third kappa shape index (κ3) is 3.72. The van der Waals surface area contributed by atoms with Crippen LogP contribution in [0, 0.1) is 13.8 Å². The zero-order valence-electron chi connectivity index (χ0n) is 15.4. The number of aryl methyl sites for hydroxylation is 2. The Bertz CT molecular complexity index is 973. The van der Waals surface area contributed by atoms with E-state index in [1.54, 1.807) is 12.4 Å². The molecule has 3 nitrogen and oxygen atoms in total. The predicted molar refractivity (Wildman–Crippen MR) is 109 cm³/mol. The molecule has 0 radical (unpaired) electrons. The molecule has 0 saturated carbocycles. The summed E-state index contributed by atoms with van der Waals surface area (Å²) in [7, 11) is 0. The van der Waals surface area contributed by atoms with Crippen LogP contribution in [-0.2, 0) is 0 Å². The maximum Gasteiger partial charge on any atom is 0.131 e. The van der Waals surface area contributed by atoms with Gasteiger partial charge in [-0.2, -0.15) is 0 Å². The van der Waals surface area contributed by atoms with Crippen molar-refractivity contribution >= 4 is 0 Å². The summed E-state index contributed by atoms with van der Waals surface area (Å²) in [6.45, 7) is 4.10. The van der Waals surface area contributed by atoms with Crippen molar-refractivity contribution in [1.82, 2.24) is 9.97 Å². The van der Waals surface area contributed by atoms with Gasteiger partial charge in [-0.3, -0.25) is 9.97 Å². The molecule has 0 atom stereocenters. The minimum Gasteiger partial charge on any atom is -0.457 e. The number of ether oxygens (including phenoxy) is 1. The Labute approximate surface area is 159 Å². The molecule has 4 rings (SSSR count). The van der Waals surface area contributed by atoms with E-state index < -0.39 is 0 Å². The van der Waals surface area contributed by atoms with Crippen molar-refractivity contribution in [3.63, 3.8) is 0 Å². The van der Waals surface area contributed by atoms with E-state index in [9.17, 15) is 0 Å². The van der Waals surface area contributed by atoms with Crippen LogP contribution in [0.2, 0.25) is 0 Å². The Morgan fingerprint density at radius 2 is 1.07 bits per heavy atom. The summed E-state index contributed by atoms with van der Waals surface area (Å²) in [5.41, 5.74) is 6.10. The smallest absolute Gasteiger partial charge is 0.131 e. The Kier molecular flexibility index (Phi) is 4.67. The second kappa shape index (κ2) is 7.42. The van der Waals surface area contributed by atoms with E-state index in [1.165, 1.54) is 0 Å². The van der Waals surface area contributed by atoms with Gasteiger partial charge in [-0.1, -0.05) is 36.4 Å². The molecule has 0 aliphatic heterocycles. The SMILES string of the molecule is Cc1ccc(-c2ccccn2)cc1Oc1cc(-c2ccccn2)ccc1C. The molecule has 0 unspecified atom stereocenters. The van der Waals surface area contributed by atoms with Gasteiger partial charge in [0.05, 0.1) is 11.4 Å². The van der Waals surface area contributed by atoms with Gasteiger partial charge in [-0.05, 0) is 61.4 Å². The summed E-state index contributed by atoms with van der Waals surface area (Å²) >= 11 is 0. The summed E-state index contributed by atoms with van der Waals surface area (Å²) in [5.74, 6) is 1.67. The lowest BCUT2D eigenvalue weighted by molar-refractivity contribution is 0.475. The van der Waals surface area contributed by atoms with Gasteiger partial charge in [0.25, 0.3) is 0 Å². The van der Waals surface area contributed by atoms with Gasteiger partial charge in [0.1, 0.15) is 11.5 Å². The minimum atomic E-state index is 0.833. The molecular formula is C24H20N2O. The largest absolute Gasteiger partial charge is 0.457 e. The summed E-state index contributed by atoms with van der Waals surface area (Å²) in [6.07, 6.45) is 3.60. The van der Waals surface area contributed by atoms with Crippen molar-refractivity contribution in [2.45, 2.75) is 13.8 Å². The monoisotopic (exact) mass is 352 g/mol. The number of benzene rings is 2. The number of rotatable bonds is 4. The molecule has 4 aromatic rings. The molecule has 2 heterocycles. The van der Waals surface area contributed by atoms with Crippen LogP contribution in [0.4, 0.5) is 0 Å². The Morgan fingerprint density at radius 3 is 1.48 bits per heavy atom. The van der Waals surface area contributed by atoms with Crippen LogP contribution in [0.1, 0.15) is 11.1 Å². The molecule has 0 aliphatic carbocycles. The number of hydrogen-bond donors (Lipinski definition) is 0. The molecule has 2 aromatic carbocycles. The van der Waals surface area contributed by atoms with E-state index in [1.807, 2.05) is 48.5 Å². The fraction of sp³-hybridized carbons (Fsp3) is 0.0833. The summed E-state index contributed by atoms with van der Waals surface area (Å²) in [5, 5.41) is 0. The lowest BCUT2D eigenvalue weighted by atomic mass is 10.1. The number of aromatic nitrogens is 2. The van der Waals surface area contributed by atoms with Gasteiger partial charge < -0.3 is 4.74 Å². The van der Waals surface area contributed by atoms with Crippen LogP contribution in [-0.4, -0.2) is 9.97 Å². The van der Waals surface area contributed by atoms with Crippen LogP contribution in [0.3, 0.4) is 0 Å². The van der Waals surface area contributed by atoms with Crippen molar-refractivity contribution in [2.75, 3.05) is 0 Å². The molecule has 0 amide bonds. The minimum absolute atomic E-state index is 0.833. The summed E-state index contributed by atoms with van der Waals surface area (Å²) < 4.78 is 6.31. The number of nitrogens with zero attached hydrogens (tertiary/aromatic N) is 2. The van der Waals surface area contributed by atoms with E-state index in [4.69, 9.17) is 4.74 Å². The normalized spacial score (nSPS) is 10.6. The van der Waals surface area contributed by atoms with Crippen LogP contribution >= 0.6 is 0 Å². The highest BCUT2D eigenvalue weighted by Gasteiger charge is 2.09. The molecule has 0 N–H and O–H groups in total. The van der Waals surface area contributed by atoms with Gasteiger partial charge in [0.15, 0.2) is 0 Å². The Morgan fingerprint density at radius 1 is 0.593 bits per heavy atom. The lowest BCUT2D eigenvalue weighted by Gasteiger charge is -2.14. The van der Waals surface area contributed by atoms with Crippen molar-refractivity contribution in [2.24, 2.45) is 0 Å². The highest BCUT2D eigenvalue weighted by atomic mass is 16.5. The average Bonchev–Trinajstić information content (AvgIpc) is 2.72. The van der Waals surface area contributed by atoms with Gasteiger partial charge in [-0.25, -0.2) is 0 Å². The van der Waals surface area contributed by atoms with E-state index in [-0.39, 0.29) is 0 Å². The molecule has 0 aliphatic rings. The Balaban J connectivity index is 1.70. The van der Waals surface area contributed by atoms with E-state index in [2.05, 4.69) is 48.1 Å². The first-order valence-corrected chi connectivity index (χ1v) is 8.93. The van der Waals surface area contributed by atoms with Crippen LogP contribution in [0.25, 0.3) is 22.5 Å². The molecule has 0 bridgehead atoms. The van der Waals surface area contributed by atoms with Crippen molar-refractivity contribution in [1.29, 1.82) is 0 Å². The first kappa shape index (κ1) is 17.0. The quantitative estimate of drug-likeness (QED) is 0.437. The van der Waals surface area contributed by atoms with Crippen molar-refractivity contribution in [3.05, 3.63) is 96.3 Å². The molecule has 132 valence electrons. The predicted octanol–water partition coefficient (Wildman–Crippen LogP) is 6.22. The lowest BCUT2D eigenvalue weighted by Crippen LogP contribution is -1.93. The standard InChI is InChI=1S/C24H20N2O/c1-17-9-11-19(21-7-3-5-13-25-21)15-23(17)27-24-16-20(12-10-18(24)2)22-8-4-6-14-26-22/h3-16H,1-2H3. The molecule has 0 fully saturated rings. The van der Waals surface area contributed by atoms with Crippen molar-refractivity contribution in [3.8, 4) is 34.0 Å². The first-order chi connectivity index (χ1) is 13.2. The second-order valence-electron chi connectivity index (χ2n) is 6.49. The third-order valence-electron chi connectivity index (χ3n) is 4.52. The zero-order chi connectivity index (χ0) is 18.6. The second-order valence-corrected chi connectivity index (χ2v) is 6.49. The highest BCUT2D eigenvalue weighted by molar-refractivity contribution is 5.65. The molecule has 2 aromatic heterocycles. The van der Waals surface area contributed by atoms with E-state index in [0.717, 1.165) is 45.1 Å². The maximum absolute atomic E-state index is 6.31. The molecule has 3 heteroatoms. The number of hydrogen-bond acceptors (Lipinski definition) is 3. The van der Waals surface area contributed by atoms with E-state index in [0.29, 0.717) is 0 Å². The average molecular weight is 352 g/mol. The van der Waals surface area contributed by atoms with E-state index >= 15 is 0 Å². The van der Waals surface area contributed by atoms with Gasteiger partial charge >= 0.3 is 0 Å². The highest BCUT2D eigenvalue weighted by Crippen LogP contribution is 2.33. The van der Waals surface area contributed by atoms with Gasteiger partial charge in [0, 0.05) is 23.5 Å². The van der Waals surface area contributed by atoms with Gasteiger partial charge in [0.2, 0.25) is 0 Å². The summed E-state index contributed by atoms with van der Waals surface area (Å²) in [4.78, 5) is 8.87. The molecule has 0 saturated heterocycles. The molecule has 0 spiro atoms.